The number of benzene rings is 1. The van der Waals surface area contributed by atoms with Crippen molar-refractivity contribution in [2.24, 2.45) is 5.73 Å². The molecule has 0 radical (unpaired) electrons. The molecule has 10 nitrogen and oxygen atoms in total. The molecular formula is C27H27N7O3. The maximum atomic E-state index is 13.8. The average molecular weight is 498 g/mol. The van der Waals surface area contributed by atoms with Crippen molar-refractivity contribution < 1.29 is 9.53 Å². The Kier molecular flexibility index (Phi) is 6.70. The second kappa shape index (κ2) is 10.2. The fraction of sp³-hybridized carbons (Fsp3) is 0.296. The van der Waals surface area contributed by atoms with Crippen molar-refractivity contribution in [1.82, 2.24) is 19.1 Å². The van der Waals surface area contributed by atoms with Crippen LogP contribution in [0.2, 0.25) is 0 Å². The number of ketones is 1. The number of nitrogens with two attached hydrogens (primary N) is 1. The molecule has 3 aromatic heterocycles. The Labute approximate surface area is 213 Å². The summed E-state index contributed by atoms with van der Waals surface area (Å²) in [5.74, 6) is 0.924. The molecule has 1 aliphatic rings. The van der Waals surface area contributed by atoms with Crippen LogP contribution in [0.3, 0.4) is 0 Å². The lowest BCUT2D eigenvalue weighted by atomic mass is 10.1. The highest BCUT2D eigenvalue weighted by molar-refractivity contribution is 5.96. The number of carbonyl (C=O) groups excluding carboxylic acids is 1. The molecule has 0 aliphatic carbocycles. The van der Waals surface area contributed by atoms with E-state index in [1.165, 1.54) is 18.0 Å². The zero-order valence-corrected chi connectivity index (χ0v) is 20.5. The summed E-state index contributed by atoms with van der Waals surface area (Å²) in [4.78, 5) is 37.6. The number of fused-ring (bicyclic) bond motifs is 1. The van der Waals surface area contributed by atoms with Crippen LogP contribution in [0.1, 0.15) is 34.3 Å². The minimum Gasteiger partial charge on any atom is -0.497 e. The van der Waals surface area contributed by atoms with Crippen molar-refractivity contribution in [1.29, 1.82) is 5.26 Å². The van der Waals surface area contributed by atoms with Crippen molar-refractivity contribution >= 4 is 22.6 Å². The first-order valence-corrected chi connectivity index (χ1v) is 12.1. The molecular weight excluding hydrogens is 470 g/mol. The van der Waals surface area contributed by atoms with Crippen LogP contribution in [0.4, 0.5) is 5.82 Å². The van der Waals surface area contributed by atoms with Gasteiger partial charge in [0.05, 0.1) is 26.5 Å². The minimum atomic E-state index is -0.394. The number of ether oxygens (including phenoxy) is 1. The number of Topliss-reactive ketones (excluding diaryl/α,β-unsaturated/α-hetero) is 1. The highest BCUT2D eigenvalue weighted by atomic mass is 16.5. The quantitative estimate of drug-likeness (QED) is 0.385. The molecule has 1 saturated heterocycles. The maximum Gasteiger partial charge on any atom is 0.278 e. The van der Waals surface area contributed by atoms with Gasteiger partial charge in [-0.05, 0) is 36.6 Å². The molecule has 0 bridgehead atoms. The van der Waals surface area contributed by atoms with E-state index >= 15 is 0 Å². The van der Waals surface area contributed by atoms with Gasteiger partial charge < -0.3 is 19.9 Å². The van der Waals surface area contributed by atoms with Crippen LogP contribution in [0.15, 0.2) is 59.9 Å². The molecule has 0 amide bonds. The molecule has 10 heteroatoms. The molecule has 37 heavy (non-hydrogen) atoms. The summed E-state index contributed by atoms with van der Waals surface area (Å²) >= 11 is 0. The van der Waals surface area contributed by atoms with Crippen LogP contribution in [-0.4, -0.2) is 51.1 Å². The van der Waals surface area contributed by atoms with Gasteiger partial charge in [0.15, 0.2) is 5.78 Å². The van der Waals surface area contributed by atoms with E-state index in [1.807, 2.05) is 16.7 Å². The van der Waals surface area contributed by atoms with Gasteiger partial charge in [-0.3, -0.25) is 19.1 Å². The van der Waals surface area contributed by atoms with Crippen molar-refractivity contribution in [2.75, 3.05) is 25.1 Å². The lowest BCUT2D eigenvalue weighted by Crippen LogP contribution is -2.44. The number of pyridine rings is 1. The normalized spacial score (nSPS) is 15.5. The lowest BCUT2D eigenvalue weighted by Gasteiger charge is -2.33. The highest BCUT2D eigenvalue weighted by Crippen LogP contribution is 2.32. The van der Waals surface area contributed by atoms with Crippen LogP contribution in [0.25, 0.3) is 11.0 Å². The summed E-state index contributed by atoms with van der Waals surface area (Å²) in [6.07, 6.45) is 6.53. The second-order valence-corrected chi connectivity index (χ2v) is 9.14. The second-order valence-electron chi connectivity index (χ2n) is 9.14. The Bertz CT molecular complexity index is 1550. The van der Waals surface area contributed by atoms with Gasteiger partial charge >= 0.3 is 0 Å². The van der Waals surface area contributed by atoms with Gasteiger partial charge in [-0.25, -0.2) is 4.98 Å². The van der Waals surface area contributed by atoms with Crippen molar-refractivity contribution in [3.05, 3.63) is 82.2 Å². The Morgan fingerprint density at radius 1 is 1.30 bits per heavy atom. The fourth-order valence-corrected chi connectivity index (χ4v) is 4.87. The van der Waals surface area contributed by atoms with E-state index < -0.39 is 5.56 Å². The molecule has 2 N–H and O–H groups in total. The predicted molar refractivity (Wildman–Crippen MR) is 139 cm³/mol. The largest absolute Gasteiger partial charge is 0.497 e. The number of carbonyl (C=O) groups is 1. The fourth-order valence-electron chi connectivity index (χ4n) is 4.87. The molecule has 0 spiro atoms. The van der Waals surface area contributed by atoms with Gasteiger partial charge in [-0.15, -0.1) is 0 Å². The van der Waals surface area contributed by atoms with E-state index in [1.54, 1.807) is 36.7 Å². The number of hydrogen-bond acceptors (Lipinski definition) is 8. The number of hydrogen-bond donors (Lipinski definition) is 1. The first-order chi connectivity index (χ1) is 18.0. The molecule has 1 unspecified atom stereocenters. The smallest absolute Gasteiger partial charge is 0.278 e. The number of nitriles is 1. The highest BCUT2D eigenvalue weighted by Gasteiger charge is 2.29. The van der Waals surface area contributed by atoms with Crippen LogP contribution in [0, 0.1) is 11.3 Å². The monoisotopic (exact) mass is 497 g/mol. The van der Waals surface area contributed by atoms with Crippen molar-refractivity contribution in [3.63, 3.8) is 0 Å². The zero-order valence-electron chi connectivity index (χ0n) is 20.5. The third-order valence-electron chi connectivity index (χ3n) is 6.64. The topological polar surface area (TPSA) is 132 Å². The maximum absolute atomic E-state index is 13.8. The SMILES string of the molecule is COc1cccc(C(=O)Cn2cnc3c(C#N)c(N4CCCC(N)C4)n(Cc4cccnc4)c3c2=O)c1. The Morgan fingerprint density at radius 3 is 2.89 bits per heavy atom. The Morgan fingerprint density at radius 2 is 2.16 bits per heavy atom. The van der Waals surface area contributed by atoms with Crippen LogP contribution in [-0.2, 0) is 13.1 Å². The summed E-state index contributed by atoms with van der Waals surface area (Å²) in [6, 6.07) is 12.8. The molecule has 1 fully saturated rings. The summed E-state index contributed by atoms with van der Waals surface area (Å²) in [5.41, 5.74) is 8.09. The third kappa shape index (κ3) is 4.69. The lowest BCUT2D eigenvalue weighted by molar-refractivity contribution is 0.0970. The van der Waals surface area contributed by atoms with E-state index in [2.05, 4.69) is 20.9 Å². The molecule has 1 atom stereocenters. The van der Waals surface area contributed by atoms with Crippen molar-refractivity contribution in [3.8, 4) is 11.8 Å². The van der Waals surface area contributed by atoms with Gasteiger partial charge in [0, 0.05) is 37.1 Å². The van der Waals surface area contributed by atoms with Crippen LogP contribution < -0.4 is 20.9 Å². The summed E-state index contributed by atoms with van der Waals surface area (Å²) in [7, 11) is 1.53. The number of piperidine rings is 1. The van der Waals surface area contributed by atoms with Gasteiger partial charge in [0.2, 0.25) is 0 Å². The average Bonchev–Trinajstić information content (AvgIpc) is 3.24. The van der Waals surface area contributed by atoms with Crippen LogP contribution >= 0.6 is 0 Å². The van der Waals surface area contributed by atoms with Crippen LogP contribution in [0.5, 0.6) is 5.75 Å². The van der Waals surface area contributed by atoms with E-state index in [0.717, 1.165) is 18.4 Å². The number of aromatic nitrogens is 4. The summed E-state index contributed by atoms with van der Waals surface area (Å²) in [6.45, 7) is 1.41. The molecule has 1 aromatic carbocycles. The van der Waals surface area contributed by atoms with Gasteiger partial charge in [0.1, 0.15) is 34.2 Å². The Hall–Kier alpha value is -4.49. The summed E-state index contributed by atoms with van der Waals surface area (Å²) < 4.78 is 8.33. The standard InChI is InChI=1S/C27H27N7O3/c1-37-21-8-2-6-19(11-21)23(35)16-33-17-31-24-22(12-28)26(32-10-4-7-20(29)15-32)34(25(24)27(33)36)14-18-5-3-9-30-13-18/h2-3,5-6,8-9,11,13,17,20H,4,7,10,14-16,29H2,1H3. The number of methoxy groups -OCH3 is 1. The Balaban J connectivity index is 1.64. The molecule has 4 aromatic rings. The number of rotatable bonds is 7. The molecule has 1 aliphatic heterocycles. The van der Waals surface area contributed by atoms with E-state index in [0.29, 0.717) is 47.8 Å². The minimum absolute atomic E-state index is 0.0322. The van der Waals surface area contributed by atoms with Gasteiger partial charge in [-0.2, -0.15) is 5.26 Å². The number of nitrogens with zero attached hydrogens (tertiary/aromatic N) is 6. The molecule has 188 valence electrons. The van der Waals surface area contributed by atoms with E-state index in [4.69, 9.17) is 10.5 Å². The first kappa shape index (κ1) is 24.2. The molecule has 0 saturated carbocycles. The summed E-state index contributed by atoms with van der Waals surface area (Å²) in [5, 5.41) is 10.1. The van der Waals surface area contributed by atoms with Gasteiger partial charge in [-0.1, -0.05) is 18.2 Å². The zero-order chi connectivity index (χ0) is 25.9. The third-order valence-corrected chi connectivity index (χ3v) is 6.64. The molecule has 5 rings (SSSR count). The first-order valence-electron chi connectivity index (χ1n) is 12.1. The molecule has 4 heterocycles. The van der Waals surface area contributed by atoms with Gasteiger partial charge in [0.25, 0.3) is 5.56 Å². The van der Waals surface area contributed by atoms with E-state index in [9.17, 15) is 14.9 Å². The van der Waals surface area contributed by atoms with Crippen molar-refractivity contribution in [2.45, 2.75) is 32.0 Å². The number of anilines is 1. The van der Waals surface area contributed by atoms with E-state index in [-0.39, 0.29) is 23.9 Å². The predicted octanol–water partition coefficient (Wildman–Crippen LogP) is 2.33.